The maximum Gasteiger partial charge on any atom is 0.162 e. The Labute approximate surface area is 390 Å². The van der Waals surface area contributed by atoms with Crippen LogP contribution in [-0.4, -0.2) is 122 Å². The van der Waals surface area contributed by atoms with E-state index in [9.17, 15) is 9.59 Å². The van der Waals surface area contributed by atoms with Crippen molar-refractivity contribution in [1.82, 2.24) is 10.6 Å². The Balaban J connectivity index is 1.20. The van der Waals surface area contributed by atoms with E-state index in [1.165, 1.54) is 57.8 Å². The summed E-state index contributed by atoms with van der Waals surface area (Å²) in [4.78, 5) is 27.4. The Morgan fingerprint density at radius 1 is 0.719 bits per heavy atom. The molecule has 0 aromatic heterocycles. The summed E-state index contributed by atoms with van der Waals surface area (Å²) in [5.74, 6) is 3.73. The smallest absolute Gasteiger partial charge is 0.162 e. The molecule has 4 aliphatic rings. The van der Waals surface area contributed by atoms with Crippen molar-refractivity contribution in [2.24, 2.45) is 69.5 Å². The van der Waals surface area contributed by atoms with E-state index in [4.69, 9.17) is 40.9 Å². The molecule has 3 saturated carbocycles. The van der Waals surface area contributed by atoms with Gasteiger partial charge < -0.3 is 51.5 Å². The highest BCUT2D eigenvalue weighted by Gasteiger charge is 2.59. The summed E-state index contributed by atoms with van der Waals surface area (Å²) in [6.07, 6.45) is 21.5. The third-order valence-electron chi connectivity index (χ3n) is 16.1. The van der Waals surface area contributed by atoms with Crippen molar-refractivity contribution < 1.29 is 33.3 Å². The van der Waals surface area contributed by atoms with Gasteiger partial charge in [0.25, 0.3) is 0 Å². The van der Waals surface area contributed by atoms with Gasteiger partial charge in [0.2, 0.25) is 0 Å². The van der Waals surface area contributed by atoms with Crippen LogP contribution in [0, 0.1) is 52.3 Å². The molecule has 12 nitrogen and oxygen atoms in total. The largest absolute Gasteiger partial charge is 0.378 e. The van der Waals surface area contributed by atoms with E-state index in [0.29, 0.717) is 84.1 Å². The number of allylic oxidation sites excluding steroid dienone is 1. The summed E-state index contributed by atoms with van der Waals surface area (Å²) in [5.41, 5.74) is 19.8. The summed E-state index contributed by atoms with van der Waals surface area (Å²) >= 11 is 0. The second kappa shape index (κ2) is 30.2. The molecule has 0 radical (unpaired) electrons. The molecule has 3 fully saturated rings. The molecule has 0 saturated heterocycles. The SMILES string of the molecule is CC(C)CCC[C@@H](C)[C@H]1CCC2C3CC=C4C[C@@H](OCCCC(=O)C(COCCOCCOCCOCCN)C(=O)C(N)CCNCCCCNCCCN)CC[C@]4(C)C3CC[C@@]21C. The van der Waals surface area contributed by atoms with Crippen LogP contribution in [0.15, 0.2) is 11.6 Å². The highest BCUT2D eigenvalue weighted by Crippen LogP contribution is 2.67. The van der Waals surface area contributed by atoms with Crippen LogP contribution >= 0.6 is 0 Å². The number of nitrogens with one attached hydrogen (secondary N) is 2. The predicted octanol–water partition coefficient (Wildman–Crippen LogP) is 7.00. The zero-order chi connectivity index (χ0) is 46.2. The Hall–Kier alpha value is -1.32. The van der Waals surface area contributed by atoms with Crippen LogP contribution in [0.5, 0.6) is 0 Å². The van der Waals surface area contributed by atoms with E-state index < -0.39 is 12.0 Å². The second-order valence-electron chi connectivity index (χ2n) is 21.0. The molecule has 4 rings (SSSR count). The number of fused-ring (bicyclic) bond motifs is 5. The minimum absolute atomic E-state index is 0.00463. The molecule has 12 heteroatoms. The molecule has 8 N–H and O–H groups in total. The molecule has 0 heterocycles. The average Bonchev–Trinajstić information content (AvgIpc) is 3.64. The quantitative estimate of drug-likeness (QED) is 0.0245. The van der Waals surface area contributed by atoms with Gasteiger partial charge in [-0.2, -0.15) is 0 Å². The van der Waals surface area contributed by atoms with Crippen molar-refractivity contribution in [3.8, 4) is 0 Å². The van der Waals surface area contributed by atoms with Crippen molar-refractivity contribution in [2.75, 3.05) is 98.7 Å². The first-order valence-electron chi connectivity index (χ1n) is 26.2. The summed E-state index contributed by atoms with van der Waals surface area (Å²) < 4.78 is 28.8. The van der Waals surface area contributed by atoms with Gasteiger partial charge in [0.15, 0.2) is 5.78 Å². The molecule has 0 spiro atoms. The lowest BCUT2D eigenvalue weighted by atomic mass is 9.47. The number of hydrogen-bond acceptors (Lipinski definition) is 12. The minimum Gasteiger partial charge on any atom is -0.378 e. The summed E-state index contributed by atoms with van der Waals surface area (Å²) in [5, 5.41) is 6.81. The zero-order valence-electron chi connectivity index (χ0n) is 41.5. The van der Waals surface area contributed by atoms with Gasteiger partial charge in [-0.15, -0.1) is 0 Å². The lowest BCUT2D eigenvalue weighted by molar-refractivity contribution is -0.137. The maximum atomic E-state index is 13.7. The average molecular weight is 904 g/mol. The molecule has 0 bridgehead atoms. The number of ether oxygens (including phenoxy) is 5. The molecule has 4 aliphatic carbocycles. The van der Waals surface area contributed by atoms with E-state index >= 15 is 0 Å². The minimum atomic E-state index is -0.900. The standard InChI is InChI=1S/C52H97N5O7/c1-39(2)11-8-12-40(3)45-16-17-46-43-15-14-41-37-42(18-21-51(41,4)47(43)19-22-52(45,46)5)64-29-9-13-49(58)44(38-63-36-35-62-34-33-61-32-31-60-30-24-54)50(59)48(55)20-28-57-26-7-6-25-56-27-10-23-53/h14,39-40,42-48,56-57H,6-13,15-38,53-55H2,1-5H3/t40-,42+,43?,44?,45-,46?,47?,48?,51+,52-/m1/s1. The van der Waals surface area contributed by atoms with Gasteiger partial charge >= 0.3 is 0 Å². The maximum absolute atomic E-state index is 13.7. The van der Waals surface area contributed by atoms with Crippen LogP contribution in [0.25, 0.3) is 0 Å². The topological polar surface area (TPSA) is 182 Å². The van der Waals surface area contributed by atoms with Gasteiger partial charge in [-0.1, -0.05) is 65.5 Å². The monoisotopic (exact) mass is 904 g/mol. The van der Waals surface area contributed by atoms with Crippen LogP contribution in [-0.2, 0) is 33.3 Å². The first-order chi connectivity index (χ1) is 31.0. The molecule has 10 atom stereocenters. The van der Waals surface area contributed by atoms with E-state index in [-0.39, 0.29) is 42.7 Å². The number of nitrogens with two attached hydrogens (primary N) is 3. The van der Waals surface area contributed by atoms with Crippen LogP contribution < -0.4 is 27.8 Å². The van der Waals surface area contributed by atoms with Crippen LogP contribution in [0.1, 0.15) is 144 Å². The highest BCUT2D eigenvalue weighted by atomic mass is 16.6. The van der Waals surface area contributed by atoms with E-state index in [0.717, 1.165) is 87.2 Å². The van der Waals surface area contributed by atoms with Crippen molar-refractivity contribution in [2.45, 2.75) is 156 Å². The van der Waals surface area contributed by atoms with Crippen molar-refractivity contribution in [3.05, 3.63) is 11.6 Å². The van der Waals surface area contributed by atoms with Crippen molar-refractivity contribution in [1.29, 1.82) is 0 Å². The van der Waals surface area contributed by atoms with Gasteiger partial charge in [0.1, 0.15) is 11.7 Å². The summed E-state index contributed by atoms with van der Waals surface area (Å²) in [6.45, 7) is 20.7. The lowest BCUT2D eigenvalue weighted by Gasteiger charge is -2.58. The Bertz CT molecular complexity index is 1340. The lowest BCUT2D eigenvalue weighted by Crippen LogP contribution is -2.51. The third-order valence-corrected chi connectivity index (χ3v) is 16.1. The van der Waals surface area contributed by atoms with Gasteiger partial charge in [-0.3, -0.25) is 9.59 Å². The molecule has 0 aromatic carbocycles. The van der Waals surface area contributed by atoms with Crippen LogP contribution in [0.2, 0.25) is 0 Å². The number of hydrogen-bond donors (Lipinski definition) is 5. The number of rotatable bonds is 37. The number of carbonyl (C=O) groups is 2. The molecular weight excluding hydrogens is 807 g/mol. The summed E-state index contributed by atoms with van der Waals surface area (Å²) in [7, 11) is 0. The van der Waals surface area contributed by atoms with E-state index in [1.807, 2.05) is 0 Å². The number of carbonyl (C=O) groups excluding carboxylic acids is 2. The second-order valence-corrected chi connectivity index (χ2v) is 21.0. The normalized spacial score (nSPS) is 28.0. The summed E-state index contributed by atoms with van der Waals surface area (Å²) in [6, 6.07) is -0.738. The van der Waals surface area contributed by atoms with E-state index in [2.05, 4.69) is 51.3 Å². The highest BCUT2D eigenvalue weighted by molar-refractivity contribution is 6.04. The Kier molecular flexibility index (Phi) is 26.1. The van der Waals surface area contributed by atoms with Gasteiger partial charge in [0, 0.05) is 19.6 Å². The number of Topliss-reactive ketones (excluding diaryl/α,β-unsaturated/α-hetero) is 2. The van der Waals surface area contributed by atoms with Gasteiger partial charge in [-0.25, -0.2) is 0 Å². The fourth-order valence-corrected chi connectivity index (χ4v) is 12.4. The van der Waals surface area contributed by atoms with Crippen molar-refractivity contribution in [3.63, 3.8) is 0 Å². The molecule has 0 amide bonds. The number of ketones is 2. The van der Waals surface area contributed by atoms with Crippen LogP contribution in [0.4, 0.5) is 0 Å². The van der Waals surface area contributed by atoms with Crippen molar-refractivity contribution >= 4 is 11.6 Å². The Morgan fingerprint density at radius 3 is 2.08 bits per heavy atom. The fourth-order valence-electron chi connectivity index (χ4n) is 12.4. The third kappa shape index (κ3) is 17.3. The molecule has 372 valence electrons. The first-order valence-corrected chi connectivity index (χ1v) is 26.2. The van der Waals surface area contributed by atoms with E-state index in [1.54, 1.807) is 5.57 Å². The fraction of sp³-hybridized carbons (Fsp3) is 0.923. The van der Waals surface area contributed by atoms with Gasteiger partial charge in [-0.05, 0) is 163 Å². The first kappa shape index (κ1) is 55.3. The molecule has 64 heavy (non-hydrogen) atoms. The number of unbranched alkanes of at least 4 members (excludes halogenated alkanes) is 1. The van der Waals surface area contributed by atoms with Crippen LogP contribution in [0.3, 0.4) is 0 Å². The molecule has 0 aromatic rings. The Morgan fingerprint density at radius 2 is 1.39 bits per heavy atom. The zero-order valence-corrected chi connectivity index (χ0v) is 41.5. The molecular formula is C52H97N5O7. The molecule has 0 aliphatic heterocycles. The predicted molar refractivity (Wildman–Crippen MR) is 259 cm³/mol. The molecule has 5 unspecified atom stereocenters. The van der Waals surface area contributed by atoms with Gasteiger partial charge in [0.05, 0.1) is 65.0 Å².